The highest BCUT2D eigenvalue weighted by Gasteiger charge is 2.04. The molecule has 0 aliphatic heterocycles. The molecule has 0 spiro atoms. The van der Waals surface area contributed by atoms with Gasteiger partial charge >= 0.3 is 0 Å². The Kier molecular flexibility index (Phi) is 21.4. The normalized spacial score (nSPS) is 9.39. The van der Waals surface area contributed by atoms with Gasteiger partial charge in [-0.05, 0) is 84.5 Å². The van der Waals surface area contributed by atoms with Crippen LogP contribution in [0.3, 0.4) is 0 Å². The van der Waals surface area contributed by atoms with Crippen LogP contribution in [-0.2, 0) is 0 Å². The molecule has 0 aromatic heterocycles. The molecule has 0 N–H and O–H groups in total. The van der Waals surface area contributed by atoms with E-state index in [-0.39, 0.29) is 0 Å². The Morgan fingerprint density at radius 1 is 0.737 bits per heavy atom. The zero-order valence-corrected chi connectivity index (χ0v) is 25.5. The van der Waals surface area contributed by atoms with Crippen LogP contribution in [0.15, 0.2) is 93.1 Å². The zero-order valence-electron chi connectivity index (χ0n) is 25.5. The van der Waals surface area contributed by atoms with Crippen molar-refractivity contribution in [3.8, 4) is 11.8 Å². The van der Waals surface area contributed by atoms with Crippen molar-refractivity contribution in [2.24, 2.45) is 0 Å². The number of allylic oxidation sites excluding steroid dienone is 2. The van der Waals surface area contributed by atoms with Crippen LogP contribution < -0.4 is 10.4 Å². The van der Waals surface area contributed by atoms with E-state index < -0.39 is 0 Å². The number of fused-ring (bicyclic) bond motifs is 1. The third kappa shape index (κ3) is 11.5. The van der Waals surface area contributed by atoms with Gasteiger partial charge in [-0.1, -0.05) is 132 Å². The van der Waals surface area contributed by atoms with Gasteiger partial charge < -0.3 is 0 Å². The van der Waals surface area contributed by atoms with Gasteiger partial charge in [-0.2, -0.15) is 0 Å². The Labute approximate surface area is 234 Å². The first-order valence-electron chi connectivity index (χ1n) is 13.5. The van der Waals surface area contributed by atoms with Crippen molar-refractivity contribution < 1.29 is 0 Å². The van der Waals surface area contributed by atoms with Crippen molar-refractivity contribution in [2.75, 3.05) is 0 Å². The summed E-state index contributed by atoms with van der Waals surface area (Å²) in [6.45, 7) is 33.4. The lowest BCUT2D eigenvalue weighted by Crippen LogP contribution is -2.27. The van der Waals surface area contributed by atoms with Crippen LogP contribution in [0.25, 0.3) is 34.1 Å². The lowest BCUT2D eigenvalue weighted by molar-refractivity contribution is 1.35. The van der Waals surface area contributed by atoms with E-state index >= 15 is 0 Å². The average Bonchev–Trinajstić information content (AvgIpc) is 2.98. The van der Waals surface area contributed by atoms with Gasteiger partial charge in [0.2, 0.25) is 0 Å². The summed E-state index contributed by atoms with van der Waals surface area (Å²) in [5.41, 5.74) is 6.18. The topological polar surface area (TPSA) is 0 Å². The monoisotopic (exact) mass is 506 g/mol. The van der Waals surface area contributed by atoms with Gasteiger partial charge in [0, 0.05) is 0 Å². The summed E-state index contributed by atoms with van der Waals surface area (Å²) in [5.74, 6) is 5.36. The third-order valence-electron chi connectivity index (χ3n) is 5.42. The highest BCUT2D eigenvalue weighted by Crippen LogP contribution is 2.27. The highest BCUT2D eigenvalue weighted by atomic mass is 14.1. The van der Waals surface area contributed by atoms with Crippen molar-refractivity contribution in [3.63, 3.8) is 0 Å². The molecule has 3 aromatic carbocycles. The molecule has 0 nitrogen and oxygen atoms in total. The zero-order chi connectivity index (χ0) is 29.5. The molecule has 0 bridgehead atoms. The van der Waals surface area contributed by atoms with Gasteiger partial charge in [-0.15, -0.1) is 18.4 Å². The largest absolute Gasteiger partial charge is 0.107 e. The van der Waals surface area contributed by atoms with Gasteiger partial charge in [-0.25, -0.2) is 0 Å². The van der Waals surface area contributed by atoms with E-state index in [1.165, 1.54) is 43.5 Å². The van der Waals surface area contributed by atoms with Gasteiger partial charge in [0.25, 0.3) is 0 Å². The van der Waals surface area contributed by atoms with E-state index in [0.29, 0.717) is 0 Å². The Balaban J connectivity index is 0. The molecule has 0 unspecified atom stereocenters. The van der Waals surface area contributed by atoms with Crippen molar-refractivity contribution >= 4 is 34.1 Å². The van der Waals surface area contributed by atoms with Crippen molar-refractivity contribution in [2.45, 2.75) is 68.7 Å². The molecule has 0 aliphatic carbocycles. The molecule has 0 atom stereocenters. The first-order valence-corrected chi connectivity index (χ1v) is 13.5. The van der Waals surface area contributed by atoms with E-state index in [0.717, 1.165) is 12.0 Å². The van der Waals surface area contributed by atoms with E-state index in [1.54, 1.807) is 0 Å². The summed E-state index contributed by atoms with van der Waals surface area (Å²) in [4.78, 5) is 0. The van der Waals surface area contributed by atoms with Crippen LogP contribution in [0.5, 0.6) is 0 Å². The van der Waals surface area contributed by atoms with Gasteiger partial charge in [-0.3, -0.25) is 0 Å². The number of benzene rings is 3. The van der Waals surface area contributed by atoms with Crippen molar-refractivity contribution in [1.82, 2.24) is 0 Å². The third-order valence-corrected chi connectivity index (χ3v) is 5.42. The van der Waals surface area contributed by atoms with Crippen LogP contribution in [0.4, 0.5) is 0 Å². The van der Waals surface area contributed by atoms with Crippen LogP contribution in [-0.4, -0.2) is 0 Å². The molecule has 3 aromatic rings. The second-order valence-electron chi connectivity index (χ2n) is 7.92. The predicted molar refractivity (Wildman–Crippen MR) is 180 cm³/mol. The second-order valence-corrected chi connectivity index (χ2v) is 7.92. The maximum Gasteiger partial charge on any atom is -0.00271 e. The Morgan fingerprint density at radius 3 is 1.66 bits per heavy atom. The summed E-state index contributed by atoms with van der Waals surface area (Å²) in [5, 5.41) is 5.11. The minimum Gasteiger partial charge on any atom is -0.107 e. The molecule has 0 heterocycles. The first-order chi connectivity index (χ1) is 18.4. The van der Waals surface area contributed by atoms with Gasteiger partial charge in [0.05, 0.1) is 0 Å². The van der Waals surface area contributed by atoms with Gasteiger partial charge in [0.1, 0.15) is 0 Å². The van der Waals surface area contributed by atoms with Crippen LogP contribution >= 0.6 is 0 Å². The number of rotatable bonds is 5. The maximum atomic E-state index is 3.87. The Hall–Kier alpha value is -3.82. The van der Waals surface area contributed by atoms with Crippen molar-refractivity contribution in [1.29, 1.82) is 0 Å². The molecule has 38 heavy (non-hydrogen) atoms. The molecule has 0 saturated heterocycles. The fourth-order valence-electron chi connectivity index (χ4n) is 3.66. The molecular formula is C38H50. The molecule has 0 radical (unpaired) electrons. The van der Waals surface area contributed by atoms with Gasteiger partial charge in [0.15, 0.2) is 0 Å². The number of hydrogen-bond donors (Lipinski definition) is 0. The number of hydrogen-bond acceptors (Lipinski definition) is 0. The summed E-state index contributed by atoms with van der Waals surface area (Å²) in [6, 6.07) is 19.0. The molecule has 202 valence electrons. The Morgan fingerprint density at radius 2 is 1.24 bits per heavy atom. The standard InChI is InChI=1S/C15H14.C15H18.C4H6.2C2H6/c1-4-12-10-11(3)14-8-6-7-9-15(14)13(12)5-2;1-5-9-13(6-2)15-11-8-7-10-14(15)12(3)4;1-3-4-2;2*1-2/h4-10H,1-2H2,3H3;5-8,10-11H,1-2,9H2,3-4H3;1-2H3;2*1-2H3/b;15-13-;;;. The molecule has 0 heteroatoms. The minimum absolute atomic E-state index is 0.869. The molecule has 0 aliphatic rings. The maximum absolute atomic E-state index is 3.87. The summed E-state index contributed by atoms with van der Waals surface area (Å²) in [7, 11) is 0. The molecular weight excluding hydrogens is 456 g/mol. The molecule has 0 saturated carbocycles. The van der Waals surface area contributed by atoms with Crippen molar-refractivity contribution in [3.05, 3.63) is 120 Å². The molecule has 3 rings (SSSR count). The van der Waals surface area contributed by atoms with Crippen LogP contribution in [0.1, 0.15) is 78.5 Å². The van der Waals surface area contributed by atoms with E-state index in [2.05, 4.69) is 114 Å². The highest BCUT2D eigenvalue weighted by molar-refractivity contribution is 5.95. The quantitative estimate of drug-likeness (QED) is 0.238. The SMILES string of the molecule is C=CC/C(C=C)=c1/ccccc1=C(C)C.C=Cc1cc(C)c2ccccc2c1C=C.CC.CC.CC#CC. The molecule has 0 amide bonds. The molecule has 0 fully saturated rings. The lowest BCUT2D eigenvalue weighted by Gasteiger charge is -2.09. The minimum atomic E-state index is 0.869. The Bertz CT molecular complexity index is 1320. The van der Waals surface area contributed by atoms with Crippen LogP contribution in [0.2, 0.25) is 0 Å². The predicted octanol–water partition coefficient (Wildman–Crippen LogP) is 10.3. The average molecular weight is 507 g/mol. The summed E-state index contributed by atoms with van der Waals surface area (Å²) < 4.78 is 0. The van der Waals surface area contributed by atoms with E-state index in [4.69, 9.17) is 0 Å². The van der Waals surface area contributed by atoms with E-state index in [9.17, 15) is 0 Å². The summed E-state index contributed by atoms with van der Waals surface area (Å²) in [6.07, 6.45) is 8.49. The fraction of sp³-hybridized carbons (Fsp3) is 0.263. The lowest BCUT2D eigenvalue weighted by atomic mass is 9.95. The van der Waals surface area contributed by atoms with Crippen LogP contribution in [0, 0.1) is 18.8 Å². The summed E-state index contributed by atoms with van der Waals surface area (Å²) >= 11 is 0. The fourth-order valence-corrected chi connectivity index (χ4v) is 3.66. The second kappa shape index (κ2) is 22.4. The smallest absolute Gasteiger partial charge is 0.00271 e. The number of aryl methyl sites for hydroxylation is 1. The first kappa shape index (κ1) is 36.3. The van der Waals surface area contributed by atoms with E-state index in [1.807, 2.05) is 65.8 Å².